The average Bonchev–Trinajstić information content (AvgIpc) is 2.41. The number of carbonyl (C=O) groups is 1. The van der Waals surface area contributed by atoms with Crippen molar-refractivity contribution in [1.82, 2.24) is 0 Å². The van der Waals surface area contributed by atoms with Crippen LogP contribution in [0.25, 0.3) is 0 Å². The van der Waals surface area contributed by atoms with E-state index in [9.17, 15) is 13.6 Å². The van der Waals surface area contributed by atoms with Crippen LogP contribution in [0.1, 0.15) is 12.0 Å². The highest BCUT2D eigenvalue weighted by molar-refractivity contribution is 5.91. The van der Waals surface area contributed by atoms with Gasteiger partial charge in [-0.15, -0.1) is 0 Å². The Morgan fingerprint density at radius 1 is 1.14 bits per heavy atom. The number of halogens is 2. The van der Waals surface area contributed by atoms with Gasteiger partial charge in [0.1, 0.15) is 11.6 Å². The molecule has 0 atom stereocenters. The predicted molar refractivity (Wildman–Crippen MR) is 79.3 cm³/mol. The molecule has 2 aromatic rings. The summed E-state index contributed by atoms with van der Waals surface area (Å²) in [4.78, 5) is 11.7. The minimum Gasteiger partial charge on any atom is -0.382 e. The lowest BCUT2D eigenvalue weighted by atomic mass is 10.2. The van der Waals surface area contributed by atoms with Gasteiger partial charge in [-0.3, -0.25) is 4.79 Å². The normalized spacial score (nSPS) is 10.2. The minimum atomic E-state index is -0.672. The molecule has 0 unspecified atom stereocenters. The number of carbonyl (C=O) groups excluding carboxylic acids is 1. The molecule has 5 heteroatoms. The van der Waals surface area contributed by atoms with Crippen LogP contribution in [0.4, 0.5) is 20.2 Å². The van der Waals surface area contributed by atoms with Crippen LogP contribution in [0.15, 0.2) is 42.5 Å². The van der Waals surface area contributed by atoms with Crippen molar-refractivity contribution in [3.8, 4) is 0 Å². The van der Waals surface area contributed by atoms with Gasteiger partial charge in [0.05, 0.1) is 5.69 Å². The zero-order chi connectivity index (χ0) is 15.2. The van der Waals surface area contributed by atoms with E-state index in [2.05, 4.69) is 10.6 Å². The summed E-state index contributed by atoms with van der Waals surface area (Å²) in [6, 6.07) is 10.7. The third-order valence-electron chi connectivity index (χ3n) is 2.90. The summed E-state index contributed by atoms with van der Waals surface area (Å²) < 4.78 is 26.1. The molecular weight excluding hydrogens is 274 g/mol. The van der Waals surface area contributed by atoms with Gasteiger partial charge >= 0.3 is 0 Å². The van der Waals surface area contributed by atoms with Crippen molar-refractivity contribution < 1.29 is 13.6 Å². The van der Waals surface area contributed by atoms with E-state index < -0.39 is 11.6 Å². The molecule has 2 N–H and O–H groups in total. The van der Waals surface area contributed by atoms with Crippen molar-refractivity contribution in [2.45, 2.75) is 13.3 Å². The van der Waals surface area contributed by atoms with Crippen molar-refractivity contribution in [2.24, 2.45) is 0 Å². The Bertz CT molecular complexity index is 644. The van der Waals surface area contributed by atoms with Crippen molar-refractivity contribution in [3.63, 3.8) is 0 Å². The number of rotatable bonds is 5. The molecule has 0 aliphatic carbocycles. The maximum absolute atomic E-state index is 13.4. The fraction of sp³-hybridized carbons (Fsp3) is 0.188. The Labute approximate surface area is 122 Å². The number of hydrogen-bond acceptors (Lipinski definition) is 2. The van der Waals surface area contributed by atoms with Crippen LogP contribution in [-0.2, 0) is 4.79 Å². The molecule has 0 saturated carbocycles. The first kappa shape index (κ1) is 15.0. The Morgan fingerprint density at radius 3 is 2.67 bits per heavy atom. The van der Waals surface area contributed by atoms with E-state index in [0.29, 0.717) is 0 Å². The van der Waals surface area contributed by atoms with E-state index >= 15 is 0 Å². The molecule has 0 fully saturated rings. The molecule has 3 nitrogen and oxygen atoms in total. The summed E-state index contributed by atoms with van der Waals surface area (Å²) in [5.74, 6) is -1.47. The van der Waals surface area contributed by atoms with E-state index in [0.717, 1.165) is 23.4 Å². The number of amides is 1. The summed E-state index contributed by atoms with van der Waals surface area (Å²) in [6.07, 6.45) is 0.185. The third-order valence-corrected chi connectivity index (χ3v) is 2.90. The fourth-order valence-electron chi connectivity index (χ4n) is 1.89. The fourth-order valence-corrected chi connectivity index (χ4v) is 1.89. The van der Waals surface area contributed by atoms with Crippen molar-refractivity contribution >= 4 is 17.3 Å². The van der Waals surface area contributed by atoms with Gasteiger partial charge in [0.2, 0.25) is 5.91 Å². The van der Waals surface area contributed by atoms with E-state index in [1.54, 1.807) is 6.07 Å². The lowest BCUT2D eigenvalue weighted by molar-refractivity contribution is -0.115. The van der Waals surface area contributed by atoms with Crippen LogP contribution < -0.4 is 10.6 Å². The number of aryl methyl sites for hydroxylation is 1. The second kappa shape index (κ2) is 6.83. The van der Waals surface area contributed by atoms with Crippen LogP contribution in [0.3, 0.4) is 0 Å². The van der Waals surface area contributed by atoms with Gasteiger partial charge in [-0.25, -0.2) is 8.78 Å². The predicted octanol–water partition coefficient (Wildman–Crippen LogP) is 3.71. The van der Waals surface area contributed by atoms with Crippen molar-refractivity contribution in [3.05, 3.63) is 59.7 Å². The lowest BCUT2D eigenvalue weighted by Gasteiger charge is -2.08. The molecule has 0 spiro atoms. The van der Waals surface area contributed by atoms with Gasteiger partial charge in [-0.1, -0.05) is 12.1 Å². The van der Waals surface area contributed by atoms with Crippen LogP contribution in [0.2, 0.25) is 0 Å². The molecule has 0 aliphatic heterocycles. The molecule has 0 heterocycles. The quantitative estimate of drug-likeness (QED) is 0.881. The molecule has 2 aromatic carbocycles. The molecule has 0 aromatic heterocycles. The lowest BCUT2D eigenvalue weighted by Crippen LogP contribution is -2.16. The third kappa shape index (κ3) is 4.56. The molecule has 0 saturated heterocycles. The first-order valence-electron chi connectivity index (χ1n) is 6.60. The maximum Gasteiger partial charge on any atom is 0.226 e. The highest BCUT2D eigenvalue weighted by atomic mass is 19.1. The first-order chi connectivity index (χ1) is 10.0. The van der Waals surface area contributed by atoms with Crippen LogP contribution in [0, 0.1) is 18.6 Å². The van der Waals surface area contributed by atoms with Crippen molar-refractivity contribution in [1.29, 1.82) is 0 Å². The Kier molecular flexibility index (Phi) is 4.87. The minimum absolute atomic E-state index is 0.171. The van der Waals surface area contributed by atoms with Crippen molar-refractivity contribution in [2.75, 3.05) is 17.2 Å². The molecule has 0 radical (unpaired) electrons. The SMILES string of the molecule is Cc1cccc(NC(=O)CCNc2ccc(F)cc2F)c1. The Morgan fingerprint density at radius 2 is 1.95 bits per heavy atom. The van der Waals surface area contributed by atoms with Gasteiger partial charge in [0.15, 0.2) is 0 Å². The molecule has 0 aliphatic rings. The molecular formula is C16H16F2N2O. The molecule has 21 heavy (non-hydrogen) atoms. The van der Waals surface area contributed by atoms with E-state index in [1.165, 1.54) is 6.07 Å². The van der Waals surface area contributed by atoms with E-state index in [4.69, 9.17) is 0 Å². The van der Waals surface area contributed by atoms with E-state index in [-0.39, 0.29) is 24.6 Å². The smallest absolute Gasteiger partial charge is 0.226 e. The second-order valence-corrected chi connectivity index (χ2v) is 4.72. The summed E-state index contributed by atoms with van der Waals surface area (Å²) in [5.41, 5.74) is 1.96. The highest BCUT2D eigenvalue weighted by Crippen LogP contribution is 2.15. The Hall–Kier alpha value is -2.43. The Balaban J connectivity index is 1.81. The van der Waals surface area contributed by atoms with Crippen LogP contribution >= 0.6 is 0 Å². The number of hydrogen-bond donors (Lipinski definition) is 2. The number of nitrogens with one attached hydrogen (secondary N) is 2. The molecule has 1 amide bonds. The standard InChI is InChI=1S/C16H16F2N2O/c1-11-3-2-4-13(9-11)20-16(21)7-8-19-15-6-5-12(17)10-14(15)18/h2-6,9-10,19H,7-8H2,1H3,(H,20,21). The second-order valence-electron chi connectivity index (χ2n) is 4.72. The summed E-state index contributed by atoms with van der Waals surface area (Å²) in [7, 11) is 0. The molecule has 110 valence electrons. The zero-order valence-corrected chi connectivity index (χ0v) is 11.6. The average molecular weight is 290 g/mol. The monoisotopic (exact) mass is 290 g/mol. The number of benzene rings is 2. The van der Waals surface area contributed by atoms with E-state index in [1.807, 2.05) is 25.1 Å². The highest BCUT2D eigenvalue weighted by Gasteiger charge is 2.05. The van der Waals surface area contributed by atoms with Crippen LogP contribution in [-0.4, -0.2) is 12.5 Å². The summed E-state index contributed by atoms with van der Waals surface area (Å²) >= 11 is 0. The summed E-state index contributed by atoms with van der Waals surface area (Å²) in [6.45, 7) is 2.20. The van der Waals surface area contributed by atoms with Crippen LogP contribution in [0.5, 0.6) is 0 Å². The van der Waals surface area contributed by atoms with Gasteiger partial charge in [0, 0.05) is 24.7 Å². The molecule has 0 bridgehead atoms. The zero-order valence-electron chi connectivity index (χ0n) is 11.6. The maximum atomic E-state index is 13.4. The van der Waals surface area contributed by atoms with Gasteiger partial charge in [-0.2, -0.15) is 0 Å². The van der Waals surface area contributed by atoms with Gasteiger partial charge in [0.25, 0.3) is 0 Å². The topological polar surface area (TPSA) is 41.1 Å². The van der Waals surface area contributed by atoms with Gasteiger partial charge in [-0.05, 0) is 36.8 Å². The first-order valence-corrected chi connectivity index (χ1v) is 6.60. The largest absolute Gasteiger partial charge is 0.382 e. The van der Waals surface area contributed by atoms with Gasteiger partial charge < -0.3 is 10.6 Å². The molecule has 2 rings (SSSR count). The summed E-state index contributed by atoms with van der Waals surface area (Å²) in [5, 5.41) is 5.53. The number of anilines is 2.